The molecule has 1 saturated heterocycles. The van der Waals surface area contributed by atoms with Crippen molar-refractivity contribution in [2.75, 3.05) is 27.2 Å². The molecule has 5 heteroatoms. The molecule has 0 bridgehead atoms. The van der Waals surface area contributed by atoms with Gasteiger partial charge in [-0.3, -0.25) is 0 Å². The Bertz CT molecular complexity index is 304. The van der Waals surface area contributed by atoms with Gasteiger partial charge < -0.3 is 14.7 Å². The third kappa shape index (κ3) is 2.76. The Labute approximate surface area is 89.8 Å². The number of aromatic nitrogens is 2. The maximum absolute atomic E-state index is 5.29. The summed E-state index contributed by atoms with van der Waals surface area (Å²) in [6, 6.07) is 0. The molecule has 0 atom stereocenters. The Balaban J connectivity index is 1.99. The summed E-state index contributed by atoms with van der Waals surface area (Å²) in [5.74, 6) is 2.05. The molecule has 0 aliphatic carbocycles. The van der Waals surface area contributed by atoms with E-state index in [0.29, 0.717) is 5.92 Å². The first-order valence-corrected chi connectivity index (χ1v) is 5.43. The summed E-state index contributed by atoms with van der Waals surface area (Å²) in [5, 5.41) is 7.31. The summed E-state index contributed by atoms with van der Waals surface area (Å²) < 4.78 is 5.29. The number of rotatable bonds is 3. The van der Waals surface area contributed by atoms with Crippen LogP contribution in [0, 0.1) is 0 Å². The molecule has 15 heavy (non-hydrogen) atoms. The van der Waals surface area contributed by atoms with E-state index in [2.05, 4.69) is 15.5 Å². The lowest BCUT2D eigenvalue weighted by Crippen LogP contribution is -2.26. The largest absolute Gasteiger partial charge is 0.339 e. The van der Waals surface area contributed by atoms with Crippen LogP contribution in [0.5, 0.6) is 0 Å². The molecular weight excluding hydrogens is 192 g/mol. The van der Waals surface area contributed by atoms with Crippen LogP contribution < -0.4 is 5.32 Å². The first-order valence-electron chi connectivity index (χ1n) is 5.43. The highest BCUT2D eigenvalue weighted by Gasteiger charge is 2.21. The number of hydrogen-bond donors (Lipinski definition) is 1. The van der Waals surface area contributed by atoms with Crippen molar-refractivity contribution in [1.82, 2.24) is 20.4 Å². The van der Waals surface area contributed by atoms with Gasteiger partial charge in [-0.15, -0.1) is 0 Å². The monoisotopic (exact) mass is 210 g/mol. The van der Waals surface area contributed by atoms with Crippen LogP contribution in [-0.4, -0.2) is 42.2 Å². The summed E-state index contributed by atoms with van der Waals surface area (Å²) >= 11 is 0. The maximum Gasteiger partial charge on any atom is 0.229 e. The fourth-order valence-corrected chi connectivity index (χ4v) is 1.85. The summed E-state index contributed by atoms with van der Waals surface area (Å²) in [6.45, 7) is 2.85. The zero-order valence-electron chi connectivity index (χ0n) is 9.36. The van der Waals surface area contributed by atoms with Gasteiger partial charge >= 0.3 is 0 Å². The van der Waals surface area contributed by atoms with Gasteiger partial charge in [-0.1, -0.05) is 5.16 Å². The van der Waals surface area contributed by atoms with Crippen molar-refractivity contribution in [3.8, 4) is 0 Å². The van der Waals surface area contributed by atoms with Crippen LogP contribution in [0.4, 0.5) is 0 Å². The van der Waals surface area contributed by atoms with Gasteiger partial charge in [0.2, 0.25) is 5.89 Å². The molecule has 2 rings (SSSR count). The van der Waals surface area contributed by atoms with E-state index in [9.17, 15) is 0 Å². The molecule has 0 radical (unpaired) electrons. The summed E-state index contributed by atoms with van der Waals surface area (Å²) in [4.78, 5) is 6.47. The van der Waals surface area contributed by atoms with Crippen molar-refractivity contribution in [2.24, 2.45) is 0 Å². The highest BCUT2D eigenvalue weighted by molar-refractivity contribution is 4.96. The van der Waals surface area contributed by atoms with Gasteiger partial charge in [0.15, 0.2) is 5.82 Å². The van der Waals surface area contributed by atoms with E-state index >= 15 is 0 Å². The smallest absolute Gasteiger partial charge is 0.229 e. The summed E-state index contributed by atoms with van der Waals surface area (Å²) in [5.41, 5.74) is 0. The Kier molecular flexibility index (Phi) is 3.33. The van der Waals surface area contributed by atoms with Crippen LogP contribution >= 0.6 is 0 Å². The topological polar surface area (TPSA) is 54.2 Å². The standard InChI is InChI=1S/C10H18N4O/c1-14(2)7-9-12-10(15-13-9)8-3-5-11-6-4-8/h8,11H,3-7H2,1-2H3. The molecule has 1 fully saturated rings. The van der Waals surface area contributed by atoms with E-state index in [1.165, 1.54) is 0 Å². The van der Waals surface area contributed by atoms with E-state index in [1.54, 1.807) is 0 Å². The van der Waals surface area contributed by atoms with Gasteiger partial charge in [0.1, 0.15) is 0 Å². The van der Waals surface area contributed by atoms with Gasteiger partial charge in [0.25, 0.3) is 0 Å². The van der Waals surface area contributed by atoms with Crippen molar-refractivity contribution in [2.45, 2.75) is 25.3 Å². The lowest BCUT2D eigenvalue weighted by molar-refractivity contribution is 0.312. The van der Waals surface area contributed by atoms with E-state index < -0.39 is 0 Å². The Morgan fingerprint density at radius 2 is 2.13 bits per heavy atom. The minimum atomic E-state index is 0.453. The Hall–Kier alpha value is -0.940. The molecule has 1 aromatic rings. The zero-order valence-corrected chi connectivity index (χ0v) is 9.36. The van der Waals surface area contributed by atoms with E-state index in [-0.39, 0.29) is 0 Å². The molecule has 0 saturated carbocycles. The van der Waals surface area contributed by atoms with E-state index in [1.807, 2.05) is 19.0 Å². The fraction of sp³-hybridized carbons (Fsp3) is 0.800. The average Bonchev–Trinajstić information content (AvgIpc) is 2.67. The van der Waals surface area contributed by atoms with Gasteiger partial charge in [0, 0.05) is 5.92 Å². The normalized spacial score (nSPS) is 18.6. The molecule has 1 aliphatic heterocycles. The third-order valence-electron chi connectivity index (χ3n) is 2.63. The molecule has 0 spiro atoms. The molecule has 1 N–H and O–H groups in total. The minimum Gasteiger partial charge on any atom is -0.339 e. The SMILES string of the molecule is CN(C)Cc1noc(C2CCNCC2)n1. The molecule has 5 nitrogen and oxygen atoms in total. The summed E-state index contributed by atoms with van der Waals surface area (Å²) in [7, 11) is 4.00. The first-order chi connectivity index (χ1) is 7.25. The predicted octanol–water partition coefficient (Wildman–Crippen LogP) is 0.598. The van der Waals surface area contributed by atoms with E-state index in [0.717, 1.165) is 44.2 Å². The third-order valence-corrected chi connectivity index (χ3v) is 2.63. The quantitative estimate of drug-likeness (QED) is 0.791. The van der Waals surface area contributed by atoms with Crippen LogP contribution in [0.2, 0.25) is 0 Å². The van der Waals surface area contributed by atoms with Gasteiger partial charge in [-0.2, -0.15) is 4.98 Å². The lowest BCUT2D eigenvalue weighted by atomic mass is 9.98. The second-order valence-electron chi connectivity index (χ2n) is 4.31. The van der Waals surface area contributed by atoms with Crippen molar-refractivity contribution < 1.29 is 4.52 Å². The number of hydrogen-bond acceptors (Lipinski definition) is 5. The molecule has 0 amide bonds. The first kappa shape index (κ1) is 10.6. The lowest BCUT2D eigenvalue weighted by Gasteiger charge is -2.18. The zero-order chi connectivity index (χ0) is 10.7. The minimum absolute atomic E-state index is 0.453. The highest BCUT2D eigenvalue weighted by Crippen LogP contribution is 2.23. The molecule has 0 unspecified atom stereocenters. The van der Waals surface area contributed by atoms with Crippen molar-refractivity contribution in [3.63, 3.8) is 0 Å². The fourth-order valence-electron chi connectivity index (χ4n) is 1.85. The molecule has 84 valence electrons. The van der Waals surface area contributed by atoms with Gasteiger partial charge in [-0.25, -0.2) is 0 Å². The summed E-state index contributed by atoms with van der Waals surface area (Å²) in [6.07, 6.45) is 2.20. The van der Waals surface area contributed by atoms with Gasteiger partial charge in [-0.05, 0) is 40.0 Å². The van der Waals surface area contributed by atoms with Crippen molar-refractivity contribution in [1.29, 1.82) is 0 Å². The number of nitrogens with one attached hydrogen (secondary N) is 1. The van der Waals surface area contributed by atoms with E-state index in [4.69, 9.17) is 4.52 Å². The van der Waals surface area contributed by atoms with Crippen LogP contribution in [0.15, 0.2) is 4.52 Å². The molecular formula is C10H18N4O. The van der Waals surface area contributed by atoms with Crippen LogP contribution in [0.3, 0.4) is 0 Å². The molecule has 1 aromatic heterocycles. The number of piperidine rings is 1. The Morgan fingerprint density at radius 3 is 2.80 bits per heavy atom. The molecule has 2 heterocycles. The van der Waals surface area contributed by atoms with Crippen molar-refractivity contribution in [3.05, 3.63) is 11.7 Å². The molecule has 0 aromatic carbocycles. The van der Waals surface area contributed by atoms with Crippen LogP contribution in [0.1, 0.15) is 30.5 Å². The van der Waals surface area contributed by atoms with Crippen molar-refractivity contribution >= 4 is 0 Å². The van der Waals surface area contributed by atoms with Crippen LogP contribution in [-0.2, 0) is 6.54 Å². The maximum atomic E-state index is 5.29. The van der Waals surface area contributed by atoms with Crippen LogP contribution in [0.25, 0.3) is 0 Å². The number of nitrogens with zero attached hydrogens (tertiary/aromatic N) is 3. The highest BCUT2D eigenvalue weighted by atomic mass is 16.5. The van der Waals surface area contributed by atoms with Gasteiger partial charge in [0.05, 0.1) is 6.54 Å². The average molecular weight is 210 g/mol. The molecule has 1 aliphatic rings. The predicted molar refractivity (Wildman–Crippen MR) is 56.5 cm³/mol. The second kappa shape index (κ2) is 4.72. The second-order valence-corrected chi connectivity index (χ2v) is 4.31. The Morgan fingerprint density at radius 1 is 1.40 bits per heavy atom.